The summed E-state index contributed by atoms with van der Waals surface area (Å²) < 4.78 is 42.8. The molecule has 3 aromatic heterocycles. The van der Waals surface area contributed by atoms with Gasteiger partial charge in [-0.1, -0.05) is 11.6 Å². The first-order chi connectivity index (χ1) is 19.3. The highest BCUT2D eigenvalue weighted by Gasteiger charge is 2.31. The minimum absolute atomic E-state index is 0.281. The molecule has 0 amide bonds. The molecule has 0 spiro atoms. The van der Waals surface area contributed by atoms with Gasteiger partial charge in [0.25, 0.3) is 0 Å². The zero-order chi connectivity index (χ0) is 28.0. The summed E-state index contributed by atoms with van der Waals surface area (Å²) in [5, 5.41) is 19.4. The normalized spacial score (nSPS) is 11.4. The van der Waals surface area contributed by atoms with Crippen LogP contribution in [0.2, 0.25) is 0 Å². The Bertz CT molecular complexity index is 2010. The van der Waals surface area contributed by atoms with E-state index in [1.54, 1.807) is 12.1 Å². The van der Waals surface area contributed by atoms with E-state index >= 15 is 0 Å². The number of hydrogen-bond acceptors (Lipinski definition) is 6. The molecule has 6 rings (SSSR count). The van der Waals surface area contributed by atoms with E-state index in [0.29, 0.717) is 55.8 Å². The van der Waals surface area contributed by atoms with Gasteiger partial charge in [0, 0.05) is 46.7 Å². The van der Waals surface area contributed by atoms with Crippen molar-refractivity contribution < 1.29 is 13.2 Å². The Labute approximate surface area is 225 Å². The van der Waals surface area contributed by atoms with Gasteiger partial charge in [0.15, 0.2) is 11.6 Å². The van der Waals surface area contributed by atoms with Crippen molar-refractivity contribution in [1.82, 2.24) is 24.5 Å². The summed E-state index contributed by atoms with van der Waals surface area (Å²) in [5.41, 5.74) is 3.84. The lowest BCUT2D eigenvalue weighted by molar-refractivity contribution is -0.137. The topological polar surface area (TPSA) is 104 Å². The van der Waals surface area contributed by atoms with Gasteiger partial charge in [-0.25, -0.2) is 19.9 Å². The summed E-state index contributed by atoms with van der Waals surface area (Å²) >= 11 is 0. The minimum Gasteiger partial charge on any atom is -0.309 e. The van der Waals surface area contributed by atoms with Crippen molar-refractivity contribution in [1.29, 1.82) is 10.5 Å². The van der Waals surface area contributed by atoms with Gasteiger partial charge >= 0.3 is 6.18 Å². The molecule has 0 N–H and O–H groups in total. The van der Waals surface area contributed by atoms with Crippen molar-refractivity contribution in [3.05, 3.63) is 102 Å². The number of benzene rings is 3. The number of halogens is 3. The van der Waals surface area contributed by atoms with Crippen LogP contribution >= 0.6 is 0 Å². The fraction of sp³-hybridized carbons (Fsp3) is 0.0667. The van der Waals surface area contributed by atoms with E-state index < -0.39 is 11.7 Å². The highest BCUT2D eigenvalue weighted by atomic mass is 19.4. The Hall–Kier alpha value is -5.61. The molecular weight excluding hydrogens is 515 g/mol. The number of nitriles is 2. The van der Waals surface area contributed by atoms with Gasteiger partial charge in [-0.2, -0.15) is 23.7 Å². The molecule has 3 aromatic carbocycles. The fourth-order valence-electron chi connectivity index (χ4n) is 4.68. The van der Waals surface area contributed by atoms with Crippen molar-refractivity contribution in [2.45, 2.75) is 13.1 Å². The van der Waals surface area contributed by atoms with Crippen LogP contribution in [0.25, 0.3) is 50.3 Å². The van der Waals surface area contributed by atoms with Crippen LogP contribution in [0.1, 0.15) is 22.3 Å². The first-order valence-corrected chi connectivity index (χ1v) is 12.0. The van der Waals surface area contributed by atoms with E-state index in [-0.39, 0.29) is 5.56 Å². The second kappa shape index (κ2) is 9.29. The Balaban J connectivity index is 1.66. The molecule has 0 aliphatic rings. The average Bonchev–Trinajstić information content (AvgIpc) is 3.29. The Morgan fingerprint density at radius 3 is 1.88 bits per heavy atom. The standard InChI is InChI=1S/C30H16F3N7/c1-17-2-5-25-22(8-17)23-10-21(30(31,32)33)4-7-26(23)40(25)27-6-3-20(28-36-13-18(11-34)14-37-28)9-24(27)29-38-15-19(12-35)16-39-29/h2-10,13-16H,1H3. The predicted octanol–water partition coefficient (Wildman–Crippen LogP) is 6.77. The lowest BCUT2D eigenvalue weighted by atomic mass is 10.1. The molecule has 0 saturated carbocycles. The second-order valence-corrected chi connectivity index (χ2v) is 9.13. The summed E-state index contributed by atoms with van der Waals surface area (Å²) in [6.07, 6.45) is 1.16. The molecule has 6 aromatic rings. The minimum atomic E-state index is -4.49. The van der Waals surface area contributed by atoms with Crippen LogP contribution < -0.4 is 0 Å². The molecule has 192 valence electrons. The highest BCUT2D eigenvalue weighted by Crippen LogP contribution is 2.39. The molecule has 0 aliphatic heterocycles. The van der Waals surface area contributed by atoms with Gasteiger partial charge in [0.05, 0.1) is 33.4 Å². The van der Waals surface area contributed by atoms with Crippen molar-refractivity contribution in [3.63, 3.8) is 0 Å². The fourth-order valence-corrected chi connectivity index (χ4v) is 4.68. The maximum absolute atomic E-state index is 13.6. The summed E-state index contributed by atoms with van der Waals surface area (Å²) in [6, 6.07) is 18.7. The van der Waals surface area contributed by atoms with E-state index in [4.69, 9.17) is 5.26 Å². The molecular formula is C30H16F3N7. The molecule has 10 heteroatoms. The quantitative estimate of drug-likeness (QED) is 0.250. The Morgan fingerprint density at radius 2 is 1.27 bits per heavy atom. The molecule has 0 unspecified atom stereocenters. The highest BCUT2D eigenvalue weighted by molar-refractivity contribution is 6.10. The smallest absolute Gasteiger partial charge is 0.309 e. The summed E-state index contributed by atoms with van der Waals surface area (Å²) in [7, 11) is 0. The number of hydrogen-bond donors (Lipinski definition) is 0. The Morgan fingerprint density at radius 1 is 0.700 bits per heavy atom. The summed E-state index contributed by atoms with van der Waals surface area (Å²) in [4.78, 5) is 17.4. The summed E-state index contributed by atoms with van der Waals surface area (Å²) in [5.74, 6) is 0.673. The van der Waals surface area contributed by atoms with Crippen LogP contribution in [0, 0.1) is 29.6 Å². The van der Waals surface area contributed by atoms with Crippen molar-refractivity contribution in [3.8, 4) is 40.6 Å². The molecule has 40 heavy (non-hydrogen) atoms. The number of rotatable bonds is 3. The first-order valence-electron chi connectivity index (χ1n) is 12.0. The molecule has 0 bridgehead atoms. The van der Waals surface area contributed by atoms with Crippen molar-refractivity contribution >= 4 is 21.8 Å². The van der Waals surface area contributed by atoms with Crippen LogP contribution in [-0.2, 0) is 6.18 Å². The zero-order valence-electron chi connectivity index (χ0n) is 20.8. The van der Waals surface area contributed by atoms with E-state index in [2.05, 4.69) is 19.9 Å². The number of aromatic nitrogens is 5. The van der Waals surface area contributed by atoms with Gasteiger partial charge < -0.3 is 4.57 Å². The van der Waals surface area contributed by atoms with Crippen LogP contribution in [0.4, 0.5) is 13.2 Å². The van der Waals surface area contributed by atoms with Crippen LogP contribution in [-0.4, -0.2) is 24.5 Å². The van der Waals surface area contributed by atoms with Crippen LogP contribution in [0.3, 0.4) is 0 Å². The van der Waals surface area contributed by atoms with Crippen molar-refractivity contribution in [2.24, 2.45) is 0 Å². The number of nitrogens with zero attached hydrogens (tertiary/aromatic N) is 7. The third-order valence-electron chi connectivity index (χ3n) is 6.55. The van der Waals surface area contributed by atoms with Crippen LogP contribution in [0.5, 0.6) is 0 Å². The van der Waals surface area contributed by atoms with E-state index in [9.17, 15) is 18.4 Å². The number of alkyl halides is 3. The Kier molecular flexibility index (Phi) is 5.74. The maximum atomic E-state index is 13.6. The van der Waals surface area contributed by atoms with Gasteiger partial charge in [0.1, 0.15) is 12.1 Å². The van der Waals surface area contributed by atoms with Gasteiger partial charge in [0.2, 0.25) is 0 Å². The number of aryl methyl sites for hydroxylation is 1. The monoisotopic (exact) mass is 531 g/mol. The van der Waals surface area contributed by atoms with E-state index in [0.717, 1.165) is 11.6 Å². The SMILES string of the molecule is Cc1ccc2c(c1)c1cc(C(F)(F)F)ccc1n2-c1ccc(-c2ncc(C#N)cn2)cc1-c1ncc(C#N)cn1. The van der Waals surface area contributed by atoms with Crippen LogP contribution in [0.15, 0.2) is 79.4 Å². The lowest BCUT2D eigenvalue weighted by Gasteiger charge is -2.15. The second-order valence-electron chi connectivity index (χ2n) is 9.13. The van der Waals surface area contributed by atoms with Crippen molar-refractivity contribution in [2.75, 3.05) is 0 Å². The zero-order valence-corrected chi connectivity index (χ0v) is 20.8. The summed E-state index contributed by atoms with van der Waals surface area (Å²) in [6.45, 7) is 1.89. The maximum Gasteiger partial charge on any atom is 0.416 e. The molecule has 7 nitrogen and oxygen atoms in total. The molecule has 0 radical (unpaired) electrons. The number of fused-ring (bicyclic) bond motifs is 3. The molecule has 0 fully saturated rings. The molecule has 3 heterocycles. The van der Waals surface area contributed by atoms with E-state index in [1.807, 2.05) is 47.9 Å². The van der Waals surface area contributed by atoms with Gasteiger partial charge in [-0.15, -0.1) is 0 Å². The van der Waals surface area contributed by atoms with Gasteiger partial charge in [-0.05, 0) is 55.5 Å². The van der Waals surface area contributed by atoms with Gasteiger partial charge in [-0.3, -0.25) is 0 Å². The predicted molar refractivity (Wildman–Crippen MR) is 142 cm³/mol. The first kappa shape index (κ1) is 24.7. The molecule has 0 aliphatic carbocycles. The van der Waals surface area contributed by atoms with E-state index in [1.165, 1.54) is 36.9 Å². The third kappa shape index (κ3) is 4.18. The largest absolute Gasteiger partial charge is 0.416 e. The lowest BCUT2D eigenvalue weighted by Crippen LogP contribution is -2.04. The average molecular weight is 532 g/mol. The third-order valence-corrected chi connectivity index (χ3v) is 6.55. The molecule has 0 atom stereocenters. The molecule has 0 saturated heterocycles.